The largest absolute Gasteiger partial charge is 0.464 e. The minimum absolute atomic E-state index is 0.0654. The van der Waals surface area contributed by atoms with Crippen molar-refractivity contribution in [1.29, 1.82) is 0 Å². The number of hydrogen-bond acceptors (Lipinski definition) is 4. The molecule has 0 aliphatic rings. The van der Waals surface area contributed by atoms with Gasteiger partial charge in [0.2, 0.25) is 0 Å². The van der Waals surface area contributed by atoms with Crippen molar-refractivity contribution in [1.82, 2.24) is 9.55 Å². The number of carbonyl (C=O) groups excluding carboxylic acids is 1. The van der Waals surface area contributed by atoms with Gasteiger partial charge in [0.25, 0.3) is 5.56 Å². The summed E-state index contributed by atoms with van der Waals surface area (Å²) in [7, 11) is 2.75. The van der Waals surface area contributed by atoms with Crippen LogP contribution in [0.15, 0.2) is 10.9 Å². The van der Waals surface area contributed by atoms with E-state index in [4.69, 9.17) is 12.2 Å². The Hall–Kier alpha value is -1.43. The van der Waals surface area contributed by atoms with Crippen molar-refractivity contribution in [3.63, 3.8) is 0 Å². The van der Waals surface area contributed by atoms with Crippen molar-refractivity contribution in [3.8, 4) is 0 Å². The SMILES string of the molecule is COC(=O)c1cc(=O)n(C)c(=S)[nH]1. The quantitative estimate of drug-likeness (QED) is 0.520. The molecule has 0 saturated heterocycles. The highest BCUT2D eigenvalue weighted by atomic mass is 32.1. The Morgan fingerprint density at radius 1 is 1.69 bits per heavy atom. The lowest BCUT2D eigenvalue weighted by atomic mass is 10.4. The zero-order valence-electron chi connectivity index (χ0n) is 7.16. The molecule has 1 heterocycles. The highest BCUT2D eigenvalue weighted by Gasteiger charge is 2.07. The van der Waals surface area contributed by atoms with Crippen LogP contribution in [-0.4, -0.2) is 22.6 Å². The lowest BCUT2D eigenvalue weighted by Crippen LogP contribution is -2.21. The van der Waals surface area contributed by atoms with Crippen molar-refractivity contribution in [2.45, 2.75) is 0 Å². The third-order valence-electron chi connectivity index (χ3n) is 1.55. The number of H-pyrrole nitrogens is 1. The molecule has 0 atom stereocenters. The fourth-order valence-electron chi connectivity index (χ4n) is 0.775. The molecule has 1 N–H and O–H groups in total. The molecule has 6 heteroatoms. The number of aromatic amines is 1. The summed E-state index contributed by atoms with van der Waals surface area (Å²) in [5.74, 6) is -0.608. The highest BCUT2D eigenvalue weighted by molar-refractivity contribution is 7.71. The van der Waals surface area contributed by atoms with Gasteiger partial charge in [0, 0.05) is 13.1 Å². The first kappa shape index (κ1) is 9.66. The molecule has 0 fully saturated rings. The van der Waals surface area contributed by atoms with E-state index >= 15 is 0 Å². The maximum Gasteiger partial charge on any atom is 0.354 e. The Morgan fingerprint density at radius 2 is 2.31 bits per heavy atom. The van der Waals surface area contributed by atoms with Gasteiger partial charge in [-0.05, 0) is 12.2 Å². The topological polar surface area (TPSA) is 64.1 Å². The van der Waals surface area contributed by atoms with Gasteiger partial charge in [-0.3, -0.25) is 9.36 Å². The zero-order valence-corrected chi connectivity index (χ0v) is 7.97. The van der Waals surface area contributed by atoms with Gasteiger partial charge in [-0.2, -0.15) is 0 Å². The van der Waals surface area contributed by atoms with Gasteiger partial charge in [0.15, 0.2) is 4.77 Å². The fourth-order valence-corrected chi connectivity index (χ4v) is 0.975. The molecule has 1 aromatic heterocycles. The van der Waals surface area contributed by atoms with Crippen LogP contribution in [0.5, 0.6) is 0 Å². The predicted octanol–water partition coefficient (Wildman–Crippen LogP) is 0.229. The summed E-state index contributed by atoms with van der Waals surface area (Å²) in [6, 6.07) is 1.14. The van der Waals surface area contributed by atoms with E-state index in [0.29, 0.717) is 0 Å². The zero-order chi connectivity index (χ0) is 10.0. The number of ether oxygens (including phenoxy) is 1. The van der Waals surface area contributed by atoms with Gasteiger partial charge < -0.3 is 9.72 Å². The first-order valence-electron chi connectivity index (χ1n) is 3.45. The molecule has 0 aliphatic carbocycles. The van der Waals surface area contributed by atoms with Gasteiger partial charge in [0.1, 0.15) is 5.69 Å². The highest BCUT2D eigenvalue weighted by Crippen LogP contribution is 1.92. The molecule has 70 valence electrons. The molecule has 5 nitrogen and oxygen atoms in total. The maximum absolute atomic E-state index is 11.1. The Labute approximate surface area is 79.0 Å². The average molecular weight is 200 g/mol. The van der Waals surface area contributed by atoms with E-state index in [-0.39, 0.29) is 16.0 Å². The van der Waals surface area contributed by atoms with E-state index in [1.54, 1.807) is 0 Å². The number of hydrogen-bond donors (Lipinski definition) is 1. The Kier molecular flexibility index (Phi) is 2.62. The maximum atomic E-state index is 11.1. The molecule has 0 amide bonds. The monoisotopic (exact) mass is 200 g/mol. The molecule has 13 heavy (non-hydrogen) atoms. The van der Waals surface area contributed by atoms with E-state index < -0.39 is 5.97 Å². The van der Waals surface area contributed by atoms with Crippen LogP contribution < -0.4 is 5.56 Å². The van der Waals surface area contributed by atoms with Crippen LogP contribution in [0.4, 0.5) is 0 Å². The predicted molar refractivity (Wildman–Crippen MR) is 48.2 cm³/mol. The van der Waals surface area contributed by atoms with Crippen molar-refractivity contribution in [2.24, 2.45) is 7.05 Å². The molecular weight excluding hydrogens is 192 g/mol. The standard InChI is InChI=1S/C7H8N2O3S/c1-9-5(10)3-4(6(11)12-2)8-7(9)13/h3H,1-2H3,(H,8,13). The first-order chi connectivity index (χ1) is 6.06. The van der Waals surface area contributed by atoms with Gasteiger partial charge in [0.05, 0.1) is 7.11 Å². The third kappa shape index (κ3) is 1.83. The Morgan fingerprint density at radius 3 is 2.77 bits per heavy atom. The second kappa shape index (κ2) is 3.53. The fraction of sp³-hybridized carbons (Fsp3) is 0.286. The third-order valence-corrected chi connectivity index (χ3v) is 1.93. The molecule has 0 unspecified atom stereocenters. The lowest BCUT2D eigenvalue weighted by molar-refractivity contribution is 0.0593. The summed E-state index contributed by atoms with van der Waals surface area (Å²) in [6.07, 6.45) is 0. The smallest absolute Gasteiger partial charge is 0.354 e. The minimum Gasteiger partial charge on any atom is -0.464 e. The van der Waals surface area contributed by atoms with Crippen molar-refractivity contribution in [3.05, 3.63) is 26.9 Å². The summed E-state index contributed by atoms with van der Waals surface area (Å²) in [5.41, 5.74) is -0.278. The van der Waals surface area contributed by atoms with Crippen LogP contribution in [0.3, 0.4) is 0 Å². The lowest BCUT2D eigenvalue weighted by Gasteiger charge is -2.00. The number of aromatic nitrogens is 2. The van der Waals surface area contributed by atoms with Crippen LogP contribution in [0, 0.1) is 4.77 Å². The number of methoxy groups -OCH3 is 1. The molecule has 0 saturated carbocycles. The summed E-state index contributed by atoms with van der Waals surface area (Å²) in [5, 5.41) is 0. The number of carbonyl (C=O) groups is 1. The van der Waals surface area contributed by atoms with Gasteiger partial charge in [-0.1, -0.05) is 0 Å². The van der Waals surface area contributed by atoms with Crippen molar-refractivity contribution in [2.75, 3.05) is 7.11 Å². The number of nitrogens with one attached hydrogen (secondary N) is 1. The summed E-state index contributed by atoms with van der Waals surface area (Å²) in [4.78, 5) is 24.7. The number of esters is 1. The van der Waals surface area contributed by atoms with Gasteiger partial charge in [-0.15, -0.1) is 0 Å². The summed E-state index contributed by atoms with van der Waals surface area (Å²) < 4.78 is 5.83. The summed E-state index contributed by atoms with van der Waals surface area (Å²) in [6.45, 7) is 0. The second-order valence-corrected chi connectivity index (χ2v) is 2.76. The van der Waals surface area contributed by atoms with Crippen molar-refractivity contribution < 1.29 is 9.53 Å². The Balaban J connectivity index is 3.38. The van der Waals surface area contributed by atoms with E-state index in [1.165, 1.54) is 18.7 Å². The van der Waals surface area contributed by atoms with E-state index in [2.05, 4.69) is 9.72 Å². The second-order valence-electron chi connectivity index (χ2n) is 2.38. The first-order valence-corrected chi connectivity index (χ1v) is 3.85. The van der Waals surface area contributed by atoms with E-state index in [9.17, 15) is 9.59 Å². The molecule has 0 radical (unpaired) electrons. The summed E-state index contributed by atoms with van der Waals surface area (Å²) >= 11 is 4.80. The minimum atomic E-state index is -0.608. The number of rotatable bonds is 1. The van der Waals surface area contributed by atoms with Crippen molar-refractivity contribution >= 4 is 18.2 Å². The molecule has 0 spiro atoms. The number of nitrogens with zero attached hydrogens (tertiary/aromatic N) is 1. The Bertz CT molecular complexity index is 415. The van der Waals surface area contributed by atoms with Gasteiger partial charge >= 0.3 is 5.97 Å². The molecule has 0 bridgehead atoms. The average Bonchev–Trinajstić information content (AvgIpc) is 2.12. The van der Waals surface area contributed by atoms with Crippen LogP contribution in [0.1, 0.15) is 10.5 Å². The van der Waals surface area contributed by atoms with Crippen LogP contribution in [-0.2, 0) is 11.8 Å². The van der Waals surface area contributed by atoms with Crippen LogP contribution in [0.2, 0.25) is 0 Å². The van der Waals surface area contributed by atoms with Gasteiger partial charge in [-0.25, -0.2) is 4.79 Å². The molecular formula is C7H8N2O3S. The van der Waals surface area contributed by atoms with Crippen LogP contribution >= 0.6 is 12.2 Å². The van der Waals surface area contributed by atoms with Crippen LogP contribution in [0.25, 0.3) is 0 Å². The normalized spacial score (nSPS) is 9.69. The molecule has 0 aromatic carbocycles. The van der Waals surface area contributed by atoms with E-state index in [0.717, 1.165) is 6.07 Å². The van der Waals surface area contributed by atoms with E-state index in [1.807, 2.05) is 0 Å². The molecule has 1 aromatic rings. The molecule has 1 rings (SSSR count). The molecule has 0 aliphatic heterocycles.